The molecule has 1 aliphatic carbocycles. The number of aliphatic hydroxyl groups excluding tert-OH is 3. The molecular formula is C30H41ClN2O8. The van der Waals surface area contributed by atoms with Gasteiger partial charge in [-0.25, -0.2) is 0 Å². The standard InChI is InChI=1S/C18H19ClN2O2.C8H14O6.C4H8/c1-18(16-6-5-13(19)11-21-16)22-15-4-2-3-14(17(15)23-18)12-7-9-20-10-8-12;1-3(9)7-5(11)4(10)6(12)8(13-2)14-7;1-2-4-3-1/h2-6,11-12,20H,7-10H2,1H3;4-8,10-12H,1-2H3;1-4H2/t18-;4-,5-,6+,7+,8+;/m00./s1. The second kappa shape index (κ2) is 14.2. The lowest BCUT2D eigenvalue weighted by atomic mass is 9.89. The van der Waals surface area contributed by atoms with Crippen LogP contribution >= 0.6 is 11.6 Å². The Morgan fingerprint density at radius 1 is 1.02 bits per heavy atom. The van der Waals surface area contributed by atoms with Gasteiger partial charge in [-0.1, -0.05) is 49.4 Å². The van der Waals surface area contributed by atoms with Gasteiger partial charge < -0.3 is 39.6 Å². The summed E-state index contributed by atoms with van der Waals surface area (Å²) in [6, 6.07) is 9.80. The number of hydrogen-bond donors (Lipinski definition) is 4. The highest BCUT2D eigenvalue weighted by atomic mass is 35.5. The molecule has 4 heterocycles. The molecule has 0 spiro atoms. The van der Waals surface area contributed by atoms with E-state index < -0.39 is 42.3 Å². The summed E-state index contributed by atoms with van der Waals surface area (Å²) in [6.45, 7) is 5.22. The summed E-state index contributed by atoms with van der Waals surface area (Å²) in [4.78, 5) is 15.4. The monoisotopic (exact) mass is 592 g/mol. The number of ketones is 1. The average Bonchev–Trinajstić information content (AvgIpc) is 3.29. The van der Waals surface area contributed by atoms with Gasteiger partial charge in [-0.2, -0.15) is 0 Å². The molecule has 1 saturated carbocycles. The van der Waals surface area contributed by atoms with E-state index in [1.165, 1.54) is 45.3 Å². The van der Waals surface area contributed by atoms with Crippen LogP contribution in [0.2, 0.25) is 5.02 Å². The molecule has 1 aromatic heterocycles. The van der Waals surface area contributed by atoms with Gasteiger partial charge in [-0.3, -0.25) is 9.78 Å². The van der Waals surface area contributed by atoms with Crippen molar-refractivity contribution >= 4 is 17.4 Å². The molecule has 0 bridgehead atoms. The maximum Gasteiger partial charge on any atom is 0.292 e. The fraction of sp³-hybridized carbons (Fsp3) is 0.600. The highest BCUT2D eigenvalue weighted by Crippen LogP contribution is 2.48. The number of hydrogen-bond acceptors (Lipinski definition) is 10. The molecule has 0 amide bonds. The van der Waals surface area contributed by atoms with E-state index in [9.17, 15) is 20.1 Å². The zero-order valence-corrected chi connectivity index (χ0v) is 24.5. The van der Waals surface area contributed by atoms with Gasteiger partial charge in [0.05, 0.1) is 5.02 Å². The first-order chi connectivity index (χ1) is 19.6. The molecule has 2 aromatic rings. The molecule has 2 saturated heterocycles. The number of nitrogens with one attached hydrogen (secondary N) is 1. The Kier molecular flexibility index (Phi) is 11.0. The van der Waals surface area contributed by atoms with Crippen molar-refractivity contribution in [2.45, 2.75) is 94.8 Å². The number of benzene rings is 1. The first kappa shape index (κ1) is 31.6. The van der Waals surface area contributed by atoms with E-state index in [4.69, 9.17) is 30.5 Å². The predicted octanol–water partition coefficient (Wildman–Crippen LogP) is 3.44. The van der Waals surface area contributed by atoms with Crippen molar-refractivity contribution in [2.24, 2.45) is 0 Å². The van der Waals surface area contributed by atoms with Gasteiger partial charge in [0, 0.05) is 25.8 Å². The van der Waals surface area contributed by atoms with Gasteiger partial charge in [0.25, 0.3) is 5.79 Å². The predicted molar refractivity (Wildman–Crippen MR) is 152 cm³/mol. The number of para-hydroxylation sites is 1. The number of Topliss-reactive ketones (excluding diaryl/α,β-unsaturated/α-hetero) is 1. The Hall–Kier alpha value is -2.31. The van der Waals surface area contributed by atoms with Crippen molar-refractivity contribution in [1.29, 1.82) is 0 Å². The van der Waals surface area contributed by atoms with Crippen LogP contribution in [0.4, 0.5) is 0 Å². The Balaban J connectivity index is 0.000000182. The maximum absolute atomic E-state index is 11.0. The van der Waals surface area contributed by atoms with Crippen LogP contribution in [0, 0.1) is 0 Å². The maximum atomic E-state index is 11.0. The van der Waals surface area contributed by atoms with Crippen LogP contribution in [-0.4, -0.2) is 77.0 Å². The zero-order chi connectivity index (χ0) is 29.6. The number of fused-ring (bicyclic) bond motifs is 1. The highest BCUT2D eigenvalue weighted by molar-refractivity contribution is 6.30. The van der Waals surface area contributed by atoms with Crippen LogP contribution in [0.1, 0.15) is 69.5 Å². The van der Waals surface area contributed by atoms with E-state index in [0.29, 0.717) is 10.9 Å². The summed E-state index contributed by atoms with van der Waals surface area (Å²) in [7, 11) is 1.27. The number of carbonyl (C=O) groups is 1. The minimum Gasteiger partial charge on any atom is -0.443 e. The molecule has 6 atom stereocenters. The van der Waals surface area contributed by atoms with Crippen molar-refractivity contribution in [1.82, 2.24) is 10.3 Å². The van der Waals surface area contributed by atoms with Crippen LogP contribution in [0.3, 0.4) is 0 Å². The normalized spacial score (nSPS) is 30.7. The van der Waals surface area contributed by atoms with Gasteiger partial charge in [0.1, 0.15) is 30.1 Å². The summed E-state index contributed by atoms with van der Waals surface area (Å²) in [6.07, 6.45) is 3.39. The molecule has 3 fully saturated rings. The van der Waals surface area contributed by atoms with Gasteiger partial charge >= 0.3 is 0 Å². The van der Waals surface area contributed by atoms with Crippen LogP contribution in [0.5, 0.6) is 11.5 Å². The third-order valence-corrected chi connectivity index (χ3v) is 8.01. The lowest BCUT2D eigenvalue weighted by Gasteiger charge is -2.38. The minimum absolute atomic E-state index is 0.425. The molecule has 226 valence electrons. The SMILES string of the molecule is C1CCC1.CO[C@@H]1O[C@H](C(C)=O)[C@@H](O)[C@H](O)[C@H]1O.C[C@]1(c2ccc(Cl)cn2)Oc2cccc(C3CCNCC3)c2O1. The van der Waals surface area contributed by atoms with E-state index >= 15 is 0 Å². The second-order valence-corrected chi connectivity index (χ2v) is 11.3. The minimum atomic E-state index is -1.44. The van der Waals surface area contributed by atoms with E-state index in [-0.39, 0.29) is 0 Å². The molecule has 0 unspecified atom stereocenters. The molecule has 11 heteroatoms. The summed E-state index contributed by atoms with van der Waals surface area (Å²) in [5.74, 6) is 0.829. The van der Waals surface area contributed by atoms with Gasteiger partial charge in [-0.05, 0) is 57.0 Å². The molecule has 4 aliphatic rings. The summed E-state index contributed by atoms with van der Waals surface area (Å²) in [5.41, 5.74) is 1.95. The summed E-state index contributed by atoms with van der Waals surface area (Å²) in [5, 5.41) is 32.1. The molecule has 1 aromatic carbocycles. The van der Waals surface area contributed by atoms with Crippen LogP contribution in [0.15, 0.2) is 36.5 Å². The third-order valence-electron chi connectivity index (χ3n) is 7.79. The van der Waals surface area contributed by atoms with Crippen LogP contribution < -0.4 is 14.8 Å². The number of pyridine rings is 1. The lowest BCUT2D eigenvalue weighted by molar-refractivity contribution is -0.282. The van der Waals surface area contributed by atoms with Crippen molar-refractivity contribution in [3.05, 3.63) is 52.8 Å². The van der Waals surface area contributed by atoms with Gasteiger partial charge in [0.15, 0.2) is 23.6 Å². The zero-order valence-electron chi connectivity index (χ0n) is 23.8. The van der Waals surface area contributed by atoms with Gasteiger partial charge in [-0.15, -0.1) is 0 Å². The van der Waals surface area contributed by atoms with Crippen molar-refractivity contribution in [3.8, 4) is 11.5 Å². The molecule has 10 nitrogen and oxygen atoms in total. The fourth-order valence-corrected chi connectivity index (χ4v) is 5.09. The number of rotatable bonds is 4. The smallest absolute Gasteiger partial charge is 0.292 e. The average molecular weight is 593 g/mol. The molecule has 6 rings (SSSR count). The number of aliphatic hydroxyl groups is 3. The highest BCUT2D eigenvalue weighted by Gasteiger charge is 2.45. The number of carbonyl (C=O) groups excluding carboxylic acids is 1. The van der Waals surface area contributed by atoms with E-state index in [0.717, 1.165) is 43.1 Å². The Morgan fingerprint density at radius 3 is 2.27 bits per heavy atom. The lowest BCUT2D eigenvalue weighted by Crippen LogP contribution is -2.59. The van der Waals surface area contributed by atoms with Crippen molar-refractivity contribution in [3.63, 3.8) is 0 Å². The van der Waals surface area contributed by atoms with E-state index in [1.54, 1.807) is 12.3 Å². The Morgan fingerprint density at radius 2 is 1.71 bits per heavy atom. The molecule has 4 N–H and O–H groups in total. The summed E-state index contributed by atoms with van der Waals surface area (Å²) < 4.78 is 22.0. The summed E-state index contributed by atoms with van der Waals surface area (Å²) >= 11 is 5.93. The molecule has 3 aliphatic heterocycles. The van der Waals surface area contributed by atoms with Crippen LogP contribution in [-0.2, 0) is 20.1 Å². The first-order valence-electron chi connectivity index (χ1n) is 14.2. The van der Waals surface area contributed by atoms with Crippen LogP contribution in [0.25, 0.3) is 0 Å². The van der Waals surface area contributed by atoms with Crippen molar-refractivity contribution < 1.29 is 39.1 Å². The third kappa shape index (κ3) is 7.56. The Labute approximate surface area is 245 Å². The van der Waals surface area contributed by atoms with E-state index in [1.807, 2.05) is 25.1 Å². The number of aromatic nitrogens is 1. The first-order valence-corrected chi connectivity index (χ1v) is 14.6. The van der Waals surface area contributed by atoms with E-state index in [2.05, 4.69) is 16.4 Å². The number of nitrogens with zero attached hydrogens (tertiary/aromatic N) is 1. The molecular weight excluding hydrogens is 552 g/mol. The number of halogens is 1. The van der Waals surface area contributed by atoms with Crippen molar-refractivity contribution in [2.75, 3.05) is 20.2 Å². The molecule has 41 heavy (non-hydrogen) atoms. The fourth-order valence-electron chi connectivity index (χ4n) is 4.98. The molecule has 0 radical (unpaired) electrons. The number of ether oxygens (including phenoxy) is 4. The number of methoxy groups -OCH3 is 1. The van der Waals surface area contributed by atoms with Gasteiger partial charge in [0.2, 0.25) is 0 Å². The topological polar surface area (TPSA) is 140 Å². The quantitative estimate of drug-likeness (QED) is 0.417. The second-order valence-electron chi connectivity index (χ2n) is 10.9. The Bertz CT molecular complexity index is 1140. The number of piperidine rings is 1. The largest absolute Gasteiger partial charge is 0.443 e.